The summed E-state index contributed by atoms with van der Waals surface area (Å²) < 4.78 is 3.60. The van der Waals surface area contributed by atoms with Crippen LogP contribution >= 0.6 is 34.8 Å². The van der Waals surface area contributed by atoms with Crippen LogP contribution in [0.4, 0.5) is 5.95 Å². The smallest absolute Gasteiger partial charge is 0.250 e. The molecule has 1 aromatic heterocycles. The van der Waals surface area contributed by atoms with Gasteiger partial charge in [0.1, 0.15) is 11.6 Å². The Balaban J connectivity index is 2.36. The summed E-state index contributed by atoms with van der Waals surface area (Å²) >= 11 is 17.9. The second-order valence-electron chi connectivity index (χ2n) is 6.23. The highest BCUT2D eigenvalue weighted by Gasteiger charge is 2.28. The molecular formula is C16H20Cl3N5O. The minimum Gasteiger partial charge on any atom is -0.496 e. The topological polar surface area (TPSA) is 86.0 Å². The van der Waals surface area contributed by atoms with Crippen LogP contribution in [0.1, 0.15) is 31.1 Å². The van der Waals surface area contributed by atoms with Gasteiger partial charge in [-0.1, -0.05) is 53.0 Å². The van der Waals surface area contributed by atoms with Crippen LogP contribution in [0.2, 0.25) is 0 Å². The summed E-state index contributed by atoms with van der Waals surface area (Å²) in [7, 11) is 1.61. The normalized spacial score (nSPS) is 12.1. The van der Waals surface area contributed by atoms with Crippen molar-refractivity contribution in [2.75, 3.05) is 19.0 Å². The lowest BCUT2D eigenvalue weighted by molar-refractivity contribution is 0.410. The second-order valence-corrected chi connectivity index (χ2v) is 8.51. The molecule has 2 aromatic rings. The van der Waals surface area contributed by atoms with Gasteiger partial charge in [0.05, 0.1) is 7.11 Å². The van der Waals surface area contributed by atoms with E-state index in [2.05, 4.69) is 20.3 Å². The van der Waals surface area contributed by atoms with Crippen molar-refractivity contribution in [3.8, 4) is 5.75 Å². The second kappa shape index (κ2) is 7.91. The Morgan fingerprint density at radius 2 is 1.80 bits per heavy atom. The monoisotopic (exact) mass is 403 g/mol. The van der Waals surface area contributed by atoms with Gasteiger partial charge in [-0.3, -0.25) is 0 Å². The molecule has 0 radical (unpaired) electrons. The number of anilines is 1. The Labute approximate surface area is 162 Å². The van der Waals surface area contributed by atoms with Crippen LogP contribution < -0.4 is 15.8 Å². The molecule has 0 spiro atoms. The fourth-order valence-electron chi connectivity index (χ4n) is 2.03. The number of nitrogens with two attached hydrogens (primary N) is 1. The van der Waals surface area contributed by atoms with E-state index in [1.165, 1.54) is 0 Å². The number of para-hydroxylation sites is 1. The van der Waals surface area contributed by atoms with Crippen molar-refractivity contribution in [1.29, 1.82) is 0 Å². The molecule has 1 heterocycles. The summed E-state index contributed by atoms with van der Waals surface area (Å²) in [4.78, 5) is 12.9. The zero-order valence-electron chi connectivity index (χ0n) is 14.2. The molecule has 0 bridgehead atoms. The lowest BCUT2D eigenvalue weighted by atomic mass is 10.1. The average molecular weight is 405 g/mol. The van der Waals surface area contributed by atoms with E-state index in [1.807, 2.05) is 38.1 Å². The molecule has 2 rings (SSSR count). The average Bonchev–Trinajstić information content (AvgIpc) is 2.52. The third-order valence-electron chi connectivity index (χ3n) is 3.18. The number of nitrogens with zero attached hydrogens (tertiary/aromatic N) is 3. The minimum absolute atomic E-state index is 0.0507. The number of rotatable bonds is 6. The quantitative estimate of drug-likeness (QED) is 0.717. The summed E-state index contributed by atoms with van der Waals surface area (Å²) in [6, 6.07) is 7.58. The molecule has 0 amide bonds. The van der Waals surface area contributed by atoms with Gasteiger partial charge in [-0.2, -0.15) is 9.97 Å². The van der Waals surface area contributed by atoms with Gasteiger partial charge in [-0.05, 0) is 19.9 Å². The molecule has 6 nitrogen and oxygen atoms in total. The fourth-order valence-corrected chi connectivity index (χ4v) is 2.28. The van der Waals surface area contributed by atoms with Gasteiger partial charge in [0.2, 0.25) is 9.74 Å². The molecule has 9 heteroatoms. The highest BCUT2D eigenvalue weighted by atomic mass is 35.6. The molecule has 25 heavy (non-hydrogen) atoms. The van der Waals surface area contributed by atoms with Crippen molar-refractivity contribution in [2.24, 2.45) is 5.73 Å². The predicted octanol–water partition coefficient (Wildman–Crippen LogP) is 3.45. The van der Waals surface area contributed by atoms with Gasteiger partial charge < -0.3 is 15.8 Å². The van der Waals surface area contributed by atoms with Gasteiger partial charge in [-0.25, -0.2) is 4.98 Å². The molecule has 0 aliphatic rings. The lowest BCUT2D eigenvalue weighted by Crippen LogP contribution is -2.40. The Kier molecular flexibility index (Phi) is 6.32. The molecule has 3 N–H and O–H groups in total. The maximum absolute atomic E-state index is 5.98. The van der Waals surface area contributed by atoms with E-state index in [4.69, 9.17) is 45.3 Å². The zero-order chi connectivity index (χ0) is 18.7. The van der Waals surface area contributed by atoms with Gasteiger partial charge >= 0.3 is 0 Å². The highest BCUT2D eigenvalue weighted by molar-refractivity contribution is 6.66. The van der Waals surface area contributed by atoms with Crippen molar-refractivity contribution in [3.63, 3.8) is 0 Å². The largest absolute Gasteiger partial charge is 0.496 e. The summed E-state index contributed by atoms with van der Waals surface area (Å²) in [5.41, 5.74) is 6.44. The summed E-state index contributed by atoms with van der Waals surface area (Å²) in [5, 5.41) is 3.06. The molecule has 0 unspecified atom stereocenters. The SMILES string of the molecule is COc1ccccc1Cc1nc(NCC(C)(C)N)nc(C(Cl)(Cl)Cl)n1. The first kappa shape index (κ1) is 20.0. The van der Waals surface area contributed by atoms with Gasteiger partial charge in [0, 0.05) is 24.1 Å². The van der Waals surface area contributed by atoms with E-state index in [-0.39, 0.29) is 5.82 Å². The molecule has 0 saturated heterocycles. The molecule has 136 valence electrons. The van der Waals surface area contributed by atoms with Crippen molar-refractivity contribution in [3.05, 3.63) is 41.5 Å². The fraction of sp³-hybridized carbons (Fsp3) is 0.438. The Bertz CT molecular complexity index is 728. The maximum Gasteiger partial charge on any atom is 0.250 e. The Morgan fingerprint density at radius 3 is 2.40 bits per heavy atom. The Hall–Kier alpha value is -1.34. The molecule has 0 atom stereocenters. The maximum atomic E-state index is 5.98. The van der Waals surface area contributed by atoms with E-state index in [0.29, 0.717) is 24.7 Å². The standard InChI is InChI=1S/C16H20Cl3N5O/c1-15(2,20)9-21-14-23-12(22-13(24-14)16(17,18)19)8-10-6-4-5-7-11(10)25-3/h4-7H,8-9,20H2,1-3H3,(H,21,22,23,24). The van der Waals surface area contributed by atoms with Crippen LogP contribution in [0.25, 0.3) is 0 Å². The van der Waals surface area contributed by atoms with Crippen LogP contribution in [-0.2, 0) is 10.2 Å². The Morgan fingerprint density at radius 1 is 1.12 bits per heavy atom. The molecule has 0 aliphatic heterocycles. The molecule has 1 aromatic carbocycles. The first-order valence-corrected chi connectivity index (χ1v) is 8.69. The van der Waals surface area contributed by atoms with Crippen molar-refractivity contribution in [1.82, 2.24) is 15.0 Å². The number of alkyl halides is 3. The summed E-state index contributed by atoms with van der Waals surface area (Å²) in [5.74, 6) is 1.54. The van der Waals surface area contributed by atoms with Gasteiger partial charge in [0.25, 0.3) is 0 Å². The van der Waals surface area contributed by atoms with Crippen molar-refractivity contribution < 1.29 is 4.74 Å². The van der Waals surface area contributed by atoms with Crippen LogP contribution in [0.5, 0.6) is 5.75 Å². The molecule has 0 aliphatic carbocycles. The first-order chi connectivity index (χ1) is 11.6. The van der Waals surface area contributed by atoms with Crippen LogP contribution in [-0.4, -0.2) is 34.1 Å². The zero-order valence-corrected chi connectivity index (χ0v) is 16.5. The van der Waals surface area contributed by atoms with Crippen molar-refractivity contribution in [2.45, 2.75) is 29.6 Å². The molecule has 0 saturated carbocycles. The number of hydrogen-bond acceptors (Lipinski definition) is 6. The number of nitrogens with one attached hydrogen (secondary N) is 1. The van der Waals surface area contributed by atoms with Crippen LogP contribution in [0.3, 0.4) is 0 Å². The van der Waals surface area contributed by atoms with E-state index in [0.717, 1.165) is 11.3 Å². The number of ether oxygens (including phenoxy) is 1. The third-order valence-corrected chi connectivity index (χ3v) is 3.69. The number of aromatic nitrogens is 3. The van der Waals surface area contributed by atoms with Crippen LogP contribution in [0, 0.1) is 0 Å². The molecular weight excluding hydrogens is 385 g/mol. The predicted molar refractivity (Wildman–Crippen MR) is 102 cm³/mol. The first-order valence-electron chi connectivity index (χ1n) is 7.55. The third kappa shape index (κ3) is 6.15. The van der Waals surface area contributed by atoms with Gasteiger partial charge in [-0.15, -0.1) is 0 Å². The van der Waals surface area contributed by atoms with E-state index < -0.39 is 9.33 Å². The van der Waals surface area contributed by atoms with E-state index >= 15 is 0 Å². The lowest BCUT2D eigenvalue weighted by Gasteiger charge is -2.20. The minimum atomic E-state index is -1.76. The molecule has 0 fully saturated rings. The number of benzene rings is 1. The van der Waals surface area contributed by atoms with E-state index in [1.54, 1.807) is 7.11 Å². The van der Waals surface area contributed by atoms with Gasteiger partial charge in [0.15, 0.2) is 5.82 Å². The number of halogens is 3. The van der Waals surface area contributed by atoms with Crippen molar-refractivity contribution >= 4 is 40.8 Å². The number of hydrogen-bond donors (Lipinski definition) is 2. The summed E-state index contributed by atoms with van der Waals surface area (Å²) in [6.45, 7) is 4.21. The number of methoxy groups -OCH3 is 1. The van der Waals surface area contributed by atoms with Crippen LogP contribution in [0.15, 0.2) is 24.3 Å². The van der Waals surface area contributed by atoms with E-state index in [9.17, 15) is 0 Å². The summed E-state index contributed by atoms with van der Waals surface area (Å²) in [6.07, 6.45) is 0.404. The highest BCUT2D eigenvalue weighted by Crippen LogP contribution is 2.36.